The molecule has 0 aromatic heterocycles. The summed E-state index contributed by atoms with van der Waals surface area (Å²) in [4.78, 5) is 15.8. The number of ether oxygens (including phenoxy) is 3. The van der Waals surface area contributed by atoms with Crippen LogP contribution in [0.3, 0.4) is 0 Å². The maximum Gasteiger partial charge on any atom is 0.573 e. The van der Waals surface area contributed by atoms with Crippen molar-refractivity contribution in [2.45, 2.75) is 46.1 Å². The van der Waals surface area contributed by atoms with Crippen molar-refractivity contribution in [3.05, 3.63) is 64.9 Å². The monoisotopic (exact) mass is 504 g/mol. The van der Waals surface area contributed by atoms with Gasteiger partial charge in [-0.2, -0.15) is 0 Å². The number of carboxylic acid groups (broad SMARTS) is 1. The zero-order valence-corrected chi connectivity index (χ0v) is 20.3. The van der Waals surface area contributed by atoms with Crippen molar-refractivity contribution in [3.63, 3.8) is 0 Å². The fourth-order valence-electron chi connectivity index (χ4n) is 3.20. The molecule has 10 heteroatoms. The molecule has 0 spiro atoms. The van der Waals surface area contributed by atoms with Gasteiger partial charge in [-0.05, 0) is 75.2 Å². The number of amidine groups is 1. The summed E-state index contributed by atoms with van der Waals surface area (Å²) in [6.45, 7) is 7.57. The zero-order chi connectivity index (χ0) is 26.5. The van der Waals surface area contributed by atoms with Gasteiger partial charge < -0.3 is 24.6 Å². The maximum absolute atomic E-state index is 12.3. The minimum absolute atomic E-state index is 0.292. The molecular weight excluding hydrogens is 477 g/mol. The third-order valence-electron chi connectivity index (χ3n) is 5.18. The molecule has 0 saturated heterocycles. The number of nitrogens with zero attached hydrogens (tertiary/aromatic N) is 1. The van der Waals surface area contributed by atoms with E-state index < -0.39 is 17.9 Å². The number of halogens is 3. The van der Waals surface area contributed by atoms with Crippen LogP contribution >= 0.6 is 0 Å². The first-order valence-corrected chi connectivity index (χ1v) is 11.1. The Labute approximate surface area is 206 Å². The Bertz CT molecular complexity index is 1210. The first-order chi connectivity index (χ1) is 16.8. The van der Waals surface area contributed by atoms with Crippen LogP contribution in [0.4, 0.5) is 13.2 Å². The normalized spacial score (nSPS) is 14.4. The van der Waals surface area contributed by atoms with E-state index in [0.29, 0.717) is 48.2 Å². The molecule has 192 valence electrons. The third kappa shape index (κ3) is 7.29. The minimum Gasteiger partial charge on any atom is -0.493 e. The summed E-state index contributed by atoms with van der Waals surface area (Å²) >= 11 is 0. The lowest BCUT2D eigenvalue weighted by Crippen LogP contribution is -2.38. The number of hydrogen-bond donors (Lipinski definition) is 2. The van der Waals surface area contributed by atoms with Crippen LogP contribution in [0.1, 0.15) is 37.0 Å². The molecular formula is C26H27F3N2O5. The summed E-state index contributed by atoms with van der Waals surface area (Å²) in [6.07, 6.45) is -2.42. The molecule has 2 aromatic rings. The topological polar surface area (TPSA) is 89.4 Å². The molecule has 0 bridgehead atoms. The predicted octanol–water partition coefficient (Wildman–Crippen LogP) is 5.41. The van der Waals surface area contributed by atoms with Crippen molar-refractivity contribution in [2.24, 2.45) is 4.99 Å². The number of rotatable bonds is 10. The predicted molar refractivity (Wildman–Crippen MR) is 128 cm³/mol. The van der Waals surface area contributed by atoms with Gasteiger partial charge in [-0.25, -0.2) is 4.79 Å². The average molecular weight is 505 g/mol. The Morgan fingerprint density at radius 1 is 1.06 bits per heavy atom. The van der Waals surface area contributed by atoms with Crippen molar-refractivity contribution >= 4 is 17.5 Å². The summed E-state index contributed by atoms with van der Waals surface area (Å²) in [5, 5.41) is 12.3. The summed E-state index contributed by atoms with van der Waals surface area (Å²) < 4.78 is 52.3. The van der Waals surface area contributed by atoms with Gasteiger partial charge in [0.05, 0.1) is 12.3 Å². The van der Waals surface area contributed by atoms with Crippen LogP contribution in [0.25, 0.3) is 5.70 Å². The van der Waals surface area contributed by atoms with Gasteiger partial charge in [-0.3, -0.25) is 4.99 Å². The number of alkyl halides is 3. The lowest BCUT2D eigenvalue weighted by Gasteiger charge is -2.23. The van der Waals surface area contributed by atoms with Crippen LogP contribution < -0.4 is 19.5 Å². The molecule has 0 fully saturated rings. The SMILES string of the molecule is Cc1cc(OC(C)(C)C(=O)O)c(C)cc1OCCCN=C1C=C=C(c2ccc(OC(F)(F)F)cc2)N1. The largest absolute Gasteiger partial charge is 0.573 e. The Kier molecular flexibility index (Phi) is 8.00. The van der Waals surface area contributed by atoms with Gasteiger partial charge in [0.15, 0.2) is 5.60 Å². The van der Waals surface area contributed by atoms with Gasteiger partial charge in [0.1, 0.15) is 23.1 Å². The molecule has 1 aliphatic rings. The fourth-order valence-corrected chi connectivity index (χ4v) is 3.20. The van der Waals surface area contributed by atoms with Gasteiger partial charge in [0, 0.05) is 24.6 Å². The van der Waals surface area contributed by atoms with E-state index in [1.165, 1.54) is 38.1 Å². The smallest absolute Gasteiger partial charge is 0.493 e. The molecule has 36 heavy (non-hydrogen) atoms. The molecule has 1 heterocycles. The molecule has 1 aliphatic heterocycles. The van der Waals surface area contributed by atoms with Crippen LogP contribution in [0, 0.1) is 13.8 Å². The number of aryl methyl sites for hydroxylation is 2. The quantitative estimate of drug-likeness (QED) is 0.332. The van der Waals surface area contributed by atoms with Crippen LogP contribution in [0.2, 0.25) is 0 Å². The highest BCUT2D eigenvalue weighted by molar-refractivity contribution is 6.02. The van der Waals surface area contributed by atoms with E-state index in [1.807, 2.05) is 19.9 Å². The lowest BCUT2D eigenvalue weighted by atomic mass is 10.1. The Balaban J connectivity index is 1.46. The van der Waals surface area contributed by atoms with Crippen LogP contribution in [-0.2, 0) is 4.79 Å². The first-order valence-electron chi connectivity index (χ1n) is 11.1. The first kappa shape index (κ1) is 26.7. The van der Waals surface area contributed by atoms with E-state index in [4.69, 9.17) is 9.47 Å². The van der Waals surface area contributed by atoms with E-state index in [1.54, 1.807) is 12.1 Å². The summed E-state index contributed by atoms with van der Waals surface area (Å²) in [5.74, 6) is 0.420. The van der Waals surface area contributed by atoms with Crippen LogP contribution in [-0.4, -0.2) is 42.0 Å². The summed E-state index contributed by atoms with van der Waals surface area (Å²) in [5.41, 5.74) is 4.50. The van der Waals surface area contributed by atoms with Gasteiger partial charge in [0.2, 0.25) is 0 Å². The van der Waals surface area contributed by atoms with Crippen LogP contribution in [0.5, 0.6) is 17.2 Å². The zero-order valence-electron chi connectivity index (χ0n) is 20.3. The molecule has 0 amide bonds. The van der Waals surface area contributed by atoms with Crippen molar-refractivity contribution in [2.75, 3.05) is 13.2 Å². The molecule has 2 N–H and O–H groups in total. The molecule has 0 saturated carbocycles. The van der Waals surface area contributed by atoms with E-state index in [0.717, 1.165) is 11.1 Å². The van der Waals surface area contributed by atoms with Gasteiger partial charge in [0.25, 0.3) is 0 Å². The second-order valence-corrected chi connectivity index (χ2v) is 8.63. The molecule has 2 aromatic carbocycles. The number of aliphatic carboxylic acids is 1. The molecule has 3 rings (SSSR count). The Morgan fingerprint density at radius 2 is 1.69 bits per heavy atom. The highest BCUT2D eigenvalue weighted by atomic mass is 19.4. The second-order valence-electron chi connectivity index (χ2n) is 8.63. The number of carbonyl (C=O) groups is 1. The van der Waals surface area contributed by atoms with Crippen molar-refractivity contribution < 1.29 is 37.3 Å². The number of benzene rings is 2. The molecule has 0 unspecified atom stereocenters. The van der Waals surface area contributed by atoms with Gasteiger partial charge in [-0.1, -0.05) is 5.73 Å². The van der Waals surface area contributed by atoms with Gasteiger partial charge >= 0.3 is 12.3 Å². The van der Waals surface area contributed by atoms with Crippen molar-refractivity contribution in [3.8, 4) is 17.2 Å². The average Bonchev–Trinajstić information content (AvgIpc) is 3.24. The van der Waals surface area contributed by atoms with Crippen molar-refractivity contribution in [1.82, 2.24) is 5.32 Å². The highest BCUT2D eigenvalue weighted by Crippen LogP contribution is 2.30. The van der Waals surface area contributed by atoms with E-state index in [9.17, 15) is 23.1 Å². The molecule has 0 atom stereocenters. The van der Waals surface area contributed by atoms with E-state index in [2.05, 4.69) is 20.8 Å². The van der Waals surface area contributed by atoms with E-state index >= 15 is 0 Å². The highest BCUT2D eigenvalue weighted by Gasteiger charge is 2.31. The Morgan fingerprint density at radius 3 is 2.33 bits per heavy atom. The summed E-state index contributed by atoms with van der Waals surface area (Å²) in [7, 11) is 0. The standard InChI is InChI=1S/C26H27F3N2O5/c1-16-15-22(36-25(3,4)24(32)33)17(2)14-21(16)34-13-5-12-30-23-11-10-20(31-23)18-6-8-19(9-7-18)35-26(27,28)29/h6-9,11,14-15H,5,12-13H2,1-4H3,(H,30,31)(H,32,33). The maximum atomic E-state index is 12.3. The van der Waals surface area contributed by atoms with Gasteiger partial charge in [-0.15, -0.1) is 13.2 Å². The van der Waals surface area contributed by atoms with Crippen LogP contribution in [0.15, 0.2) is 53.2 Å². The number of aliphatic imine (C=N–C) groups is 1. The number of nitrogens with one attached hydrogen (secondary N) is 1. The third-order valence-corrected chi connectivity index (χ3v) is 5.18. The summed E-state index contributed by atoms with van der Waals surface area (Å²) in [6, 6.07) is 9.06. The Hall–Kier alpha value is -3.91. The molecule has 0 aliphatic carbocycles. The number of carboxylic acids is 1. The van der Waals surface area contributed by atoms with Crippen molar-refractivity contribution in [1.29, 1.82) is 0 Å². The second kappa shape index (κ2) is 10.8. The lowest BCUT2D eigenvalue weighted by molar-refractivity contribution is -0.274. The fraction of sp³-hybridized carbons (Fsp3) is 0.346. The molecule has 0 radical (unpaired) electrons. The van der Waals surface area contributed by atoms with E-state index in [-0.39, 0.29) is 5.75 Å². The number of hydrogen-bond acceptors (Lipinski definition) is 5. The minimum atomic E-state index is -4.73. The molecule has 7 nitrogen and oxygen atoms in total.